The van der Waals surface area contributed by atoms with Gasteiger partial charge >= 0.3 is 0 Å². The Balaban J connectivity index is 1.44. The van der Waals surface area contributed by atoms with Crippen molar-refractivity contribution < 1.29 is 9.18 Å². The highest BCUT2D eigenvalue weighted by molar-refractivity contribution is 6.30. The molecule has 1 fully saturated rings. The van der Waals surface area contributed by atoms with E-state index in [1.54, 1.807) is 6.07 Å². The van der Waals surface area contributed by atoms with Crippen molar-refractivity contribution in [1.29, 1.82) is 0 Å². The van der Waals surface area contributed by atoms with Gasteiger partial charge in [0, 0.05) is 29.6 Å². The highest BCUT2D eigenvalue weighted by Gasteiger charge is 2.25. The molecule has 2 aromatic rings. The number of piperidine rings is 1. The van der Waals surface area contributed by atoms with E-state index in [1.165, 1.54) is 6.07 Å². The molecule has 2 aromatic carbocycles. The van der Waals surface area contributed by atoms with Crippen LogP contribution in [0.1, 0.15) is 24.0 Å². The van der Waals surface area contributed by atoms with Crippen molar-refractivity contribution in [3.8, 4) is 0 Å². The Bertz CT molecular complexity index is 712. The number of benzene rings is 2. The van der Waals surface area contributed by atoms with Crippen LogP contribution < -0.4 is 5.32 Å². The molecule has 0 atom stereocenters. The van der Waals surface area contributed by atoms with Gasteiger partial charge in [0.2, 0.25) is 5.91 Å². The Morgan fingerprint density at radius 3 is 2.48 bits per heavy atom. The van der Waals surface area contributed by atoms with E-state index in [9.17, 15) is 9.18 Å². The van der Waals surface area contributed by atoms with Gasteiger partial charge in [0.25, 0.3) is 0 Å². The third-order valence-electron chi connectivity index (χ3n) is 4.69. The van der Waals surface area contributed by atoms with Gasteiger partial charge < -0.3 is 5.32 Å². The molecule has 0 spiro atoms. The van der Waals surface area contributed by atoms with Crippen LogP contribution in [0.2, 0.25) is 5.02 Å². The molecule has 132 valence electrons. The largest absolute Gasteiger partial charge is 0.352 e. The summed E-state index contributed by atoms with van der Waals surface area (Å²) in [5.41, 5.74) is 1.75. The fourth-order valence-corrected chi connectivity index (χ4v) is 3.28. The zero-order valence-corrected chi connectivity index (χ0v) is 14.8. The van der Waals surface area contributed by atoms with Crippen molar-refractivity contribution in [2.75, 3.05) is 13.1 Å². The first-order chi connectivity index (χ1) is 12.1. The molecular weight excluding hydrogens is 339 g/mol. The van der Waals surface area contributed by atoms with Gasteiger partial charge in [-0.05, 0) is 49.7 Å². The number of nitrogens with one attached hydrogen (secondary N) is 1. The quantitative estimate of drug-likeness (QED) is 0.873. The fourth-order valence-electron chi connectivity index (χ4n) is 3.16. The van der Waals surface area contributed by atoms with E-state index in [1.807, 2.05) is 36.4 Å². The van der Waals surface area contributed by atoms with Gasteiger partial charge in [-0.3, -0.25) is 9.69 Å². The van der Waals surface area contributed by atoms with Crippen LogP contribution in [-0.2, 0) is 17.9 Å². The van der Waals surface area contributed by atoms with Crippen molar-refractivity contribution in [1.82, 2.24) is 10.2 Å². The number of nitrogens with zero attached hydrogens (tertiary/aromatic N) is 1. The normalized spacial score (nSPS) is 15.9. The van der Waals surface area contributed by atoms with Crippen LogP contribution in [0.5, 0.6) is 0 Å². The van der Waals surface area contributed by atoms with Crippen molar-refractivity contribution in [2.45, 2.75) is 25.9 Å². The molecule has 3 nitrogen and oxygen atoms in total. The molecule has 0 saturated carbocycles. The summed E-state index contributed by atoms with van der Waals surface area (Å²) in [7, 11) is 0. The van der Waals surface area contributed by atoms with Crippen molar-refractivity contribution >= 4 is 17.5 Å². The molecule has 1 aliphatic heterocycles. The number of amides is 1. The Labute approximate surface area is 152 Å². The molecule has 3 rings (SSSR count). The predicted octanol–water partition coefficient (Wildman–Crippen LogP) is 4.01. The average Bonchev–Trinajstić information content (AvgIpc) is 2.63. The summed E-state index contributed by atoms with van der Waals surface area (Å²) in [5, 5.41) is 3.69. The second kappa shape index (κ2) is 8.45. The number of carbonyl (C=O) groups excluding carboxylic acids is 1. The Morgan fingerprint density at radius 1 is 1.12 bits per heavy atom. The Kier molecular flexibility index (Phi) is 6.05. The highest BCUT2D eigenvalue weighted by atomic mass is 35.5. The van der Waals surface area contributed by atoms with Gasteiger partial charge in [-0.25, -0.2) is 4.39 Å². The average molecular weight is 361 g/mol. The van der Waals surface area contributed by atoms with Crippen molar-refractivity contribution in [3.05, 3.63) is 70.5 Å². The molecule has 1 heterocycles. The van der Waals surface area contributed by atoms with E-state index in [0.717, 1.165) is 31.5 Å². The number of likely N-dealkylation sites (tertiary alicyclic amines) is 1. The van der Waals surface area contributed by atoms with Crippen molar-refractivity contribution in [3.63, 3.8) is 0 Å². The smallest absolute Gasteiger partial charge is 0.223 e. The zero-order valence-electron chi connectivity index (χ0n) is 14.1. The summed E-state index contributed by atoms with van der Waals surface area (Å²) < 4.78 is 13.7. The fraction of sp³-hybridized carbons (Fsp3) is 0.350. The third kappa shape index (κ3) is 5.03. The SMILES string of the molecule is O=C(NCc1ccc(Cl)cc1)C1CCN(Cc2ccccc2F)CC1. The number of hydrogen-bond acceptors (Lipinski definition) is 2. The number of hydrogen-bond donors (Lipinski definition) is 1. The maximum Gasteiger partial charge on any atom is 0.223 e. The molecule has 0 bridgehead atoms. The maximum absolute atomic E-state index is 13.7. The molecule has 1 N–H and O–H groups in total. The van der Waals surface area contributed by atoms with Crippen LogP contribution in [0.4, 0.5) is 4.39 Å². The van der Waals surface area contributed by atoms with Gasteiger partial charge in [0.1, 0.15) is 5.82 Å². The van der Waals surface area contributed by atoms with E-state index in [0.29, 0.717) is 23.7 Å². The zero-order chi connectivity index (χ0) is 17.6. The van der Waals surface area contributed by atoms with Gasteiger partial charge in [-0.15, -0.1) is 0 Å². The van der Waals surface area contributed by atoms with E-state index in [2.05, 4.69) is 10.2 Å². The van der Waals surface area contributed by atoms with Crippen LogP contribution in [0.25, 0.3) is 0 Å². The van der Waals surface area contributed by atoms with Gasteiger partial charge in [-0.1, -0.05) is 41.9 Å². The van der Waals surface area contributed by atoms with E-state index < -0.39 is 0 Å². The molecule has 25 heavy (non-hydrogen) atoms. The first-order valence-corrected chi connectivity index (χ1v) is 8.97. The topological polar surface area (TPSA) is 32.3 Å². The molecule has 0 radical (unpaired) electrons. The third-order valence-corrected chi connectivity index (χ3v) is 4.94. The lowest BCUT2D eigenvalue weighted by molar-refractivity contribution is -0.126. The lowest BCUT2D eigenvalue weighted by atomic mass is 9.95. The van der Waals surface area contributed by atoms with Crippen LogP contribution in [-0.4, -0.2) is 23.9 Å². The number of halogens is 2. The molecule has 0 unspecified atom stereocenters. The maximum atomic E-state index is 13.7. The summed E-state index contributed by atoms with van der Waals surface area (Å²) in [5.74, 6) is -0.0324. The Morgan fingerprint density at radius 2 is 1.80 bits per heavy atom. The van der Waals surface area contributed by atoms with Gasteiger partial charge in [0.05, 0.1) is 0 Å². The van der Waals surface area contributed by atoms with Crippen LogP contribution >= 0.6 is 11.6 Å². The minimum Gasteiger partial charge on any atom is -0.352 e. The van der Waals surface area contributed by atoms with Gasteiger partial charge in [0.15, 0.2) is 0 Å². The van der Waals surface area contributed by atoms with E-state index in [4.69, 9.17) is 11.6 Å². The molecule has 0 aliphatic carbocycles. The summed E-state index contributed by atoms with van der Waals surface area (Å²) in [6.45, 7) is 2.75. The summed E-state index contributed by atoms with van der Waals surface area (Å²) in [6.07, 6.45) is 1.61. The minimum absolute atomic E-state index is 0.0316. The minimum atomic E-state index is -0.162. The lowest BCUT2D eigenvalue weighted by Gasteiger charge is -2.31. The van der Waals surface area contributed by atoms with Crippen molar-refractivity contribution in [2.24, 2.45) is 5.92 Å². The monoisotopic (exact) mass is 360 g/mol. The van der Waals surface area contributed by atoms with Gasteiger partial charge in [-0.2, -0.15) is 0 Å². The van der Waals surface area contributed by atoms with E-state index in [-0.39, 0.29) is 17.6 Å². The lowest BCUT2D eigenvalue weighted by Crippen LogP contribution is -2.40. The molecule has 1 amide bonds. The van der Waals surface area contributed by atoms with Crippen LogP contribution in [0.3, 0.4) is 0 Å². The number of carbonyl (C=O) groups is 1. The Hall–Kier alpha value is -1.91. The molecule has 5 heteroatoms. The summed E-state index contributed by atoms with van der Waals surface area (Å²) >= 11 is 5.86. The second-order valence-electron chi connectivity index (χ2n) is 6.49. The van der Waals surface area contributed by atoms with E-state index >= 15 is 0 Å². The molecule has 0 aromatic heterocycles. The molecule has 1 saturated heterocycles. The summed E-state index contributed by atoms with van der Waals surface area (Å²) in [4.78, 5) is 14.6. The number of rotatable bonds is 5. The first-order valence-electron chi connectivity index (χ1n) is 8.60. The summed E-state index contributed by atoms with van der Waals surface area (Å²) in [6, 6.07) is 14.4. The highest BCUT2D eigenvalue weighted by Crippen LogP contribution is 2.20. The second-order valence-corrected chi connectivity index (χ2v) is 6.92. The van der Waals surface area contributed by atoms with Crippen LogP contribution in [0.15, 0.2) is 48.5 Å². The first kappa shape index (κ1) is 17.9. The predicted molar refractivity (Wildman–Crippen MR) is 97.7 cm³/mol. The molecule has 1 aliphatic rings. The molecular formula is C20H22ClFN2O. The van der Waals surface area contributed by atoms with Crippen LogP contribution in [0, 0.1) is 11.7 Å². The standard InChI is InChI=1S/C20H22ClFN2O/c21-18-7-5-15(6-8-18)13-23-20(25)16-9-11-24(12-10-16)14-17-3-1-2-4-19(17)22/h1-8,16H,9-14H2,(H,23,25).